The Labute approximate surface area is 214 Å². The summed E-state index contributed by atoms with van der Waals surface area (Å²) in [7, 11) is 3.49. The van der Waals surface area contributed by atoms with Gasteiger partial charge in [0.1, 0.15) is 0 Å². The minimum atomic E-state index is -0.0400. The van der Waals surface area contributed by atoms with Crippen LogP contribution in [0.5, 0.6) is 0 Å². The first-order valence-corrected chi connectivity index (χ1v) is 11.1. The molecule has 0 aliphatic heterocycles. The number of hydrogen-bond donors (Lipinski definition) is 3. The first kappa shape index (κ1) is 28.4. The van der Waals surface area contributed by atoms with Crippen molar-refractivity contribution in [3.8, 4) is 0 Å². The van der Waals surface area contributed by atoms with Gasteiger partial charge < -0.3 is 20.9 Å². The summed E-state index contributed by atoms with van der Waals surface area (Å²) in [6.07, 6.45) is 2.04. The normalized spacial score (nSPS) is 10.7. The molecule has 0 unspecified atom stereocenters. The molecule has 2 rings (SSSR count). The number of carbonyl (C=O) groups is 2. The standard InChI is InChI=1S/C25H35N5O2.HI/c1-5-7-16-27-23(31)21-12-8-19(9-13-21)17-28-25(26-6-2)29-18-20-10-14-22(15-11-20)24(32)30(3)4;/h8-15H,5-7,16-18H2,1-4H3,(H,27,31)(H2,26,28,29);1H. The molecule has 2 aromatic rings. The van der Waals surface area contributed by atoms with Crippen molar-refractivity contribution in [2.45, 2.75) is 39.8 Å². The summed E-state index contributed by atoms with van der Waals surface area (Å²) in [4.78, 5) is 30.3. The average molecular weight is 566 g/mol. The van der Waals surface area contributed by atoms with Crippen LogP contribution in [0.1, 0.15) is 58.5 Å². The fourth-order valence-corrected chi connectivity index (χ4v) is 2.96. The summed E-state index contributed by atoms with van der Waals surface area (Å²) in [6.45, 7) is 6.67. The number of rotatable bonds is 10. The molecule has 0 bridgehead atoms. The lowest BCUT2D eigenvalue weighted by atomic mass is 10.1. The number of aliphatic imine (C=N–C) groups is 1. The predicted octanol–water partition coefficient (Wildman–Crippen LogP) is 3.79. The Morgan fingerprint density at radius 2 is 1.45 bits per heavy atom. The molecule has 0 fully saturated rings. The fraction of sp³-hybridized carbons (Fsp3) is 0.400. The van der Waals surface area contributed by atoms with Crippen LogP contribution in [0.4, 0.5) is 0 Å². The SMILES string of the molecule is CCCCNC(=O)c1ccc(CN=C(NCC)NCc2ccc(C(=O)N(C)C)cc2)cc1.I. The lowest BCUT2D eigenvalue weighted by molar-refractivity contribution is 0.0827. The minimum absolute atomic E-state index is 0. The van der Waals surface area contributed by atoms with E-state index in [4.69, 9.17) is 0 Å². The maximum absolute atomic E-state index is 12.1. The van der Waals surface area contributed by atoms with E-state index in [1.807, 2.05) is 55.5 Å². The second-order valence-electron chi connectivity index (χ2n) is 7.75. The van der Waals surface area contributed by atoms with Crippen molar-refractivity contribution in [1.82, 2.24) is 20.9 Å². The monoisotopic (exact) mass is 565 g/mol. The summed E-state index contributed by atoms with van der Waals surface area (Å²) < 4.78 is 0. The molecule has 8 heteroatoms. The molecule has 2 aromatic carbocycles. The average Bonchev–Trinajstić information content (AvgIpc) is 2.81. The number of benzene rings is 2. The zero-order chi connectivity index (χ0) is 23.3. The Balaban J connectivity index is 0.00000544. The van der Waals surface area contributed by atoms with Crippen LogP contribution in [0.25, 0.3) is 0 Å². The van der Waals surface area contributed by atoms with E-state index in [2.05, 4.69) is 27.9 Å². The van der Waals surface area contributed by atoms with Gasteiger partial charge in [-0.15, -0.1) is 24.0 Å². The highest BCUT2D eigenvalue weighted by molar-refractivity contribution is 14.0. The molecule has 0 atom stereocenters. The molecule has 0 saturated carbocycles. The number of carbonyl (C=O) groups excluding carboxylic acids is 2. The number of unbranched alkanes of at least 4 members (excludes halogenated alkanes) is 1. The number of amides is 2. The molecular formula is C25H36IN5O2. The van der Waals surface area contributed by atoms with Crippen molar-refractivity contribution in [2.24, 2.45) is 4.99 Å². The summed E-state index contributed by atoms with van der Waals surface area (Å²) >= 11 is 0. The zero-order valence-electron chi connectivity index (χ0n) is 20.0. The molecule has 0 saturated heterocycles. The van der Waals surface area contributed by atoms with Gasteiger partial charge in [-0.2, -0.15) is 0 Å². The highest BCUT2D eigenvalue weighted by Crippen LogP contribution is 2.08. The molecule has 2 amide bonds. The van der Waals surface area contributed by atoms with Gasteiger partial charge in [-0.05, 0) is 48.7 Å². The highest BCUT2D eigenvalue weighted by atomic mass is 127. The van der Waals surface area contributed by atoms with Crippen LogP contribution >= 0.6 is 24.0 Å². The van der Waals surface area contributed by atoms with Crippen LogP contribution in [-0.2, 0) is 13.1 Å². The maximum Gasteiger partial charge on any atom is 0.253 e. The summed E-state index contributed by atoms with van der Waals surface area (Å²) in [5, 5.41) is 9.48. The molecule has 0 radical (unpaired) electrons. The van der Waals surface area contributed by atoms with Crippen molar-refractivity contribution in [3.05, 3.63) is 70.8 Å². The molecule has 7 nitrogen and oxygen atoms in total. The Kier molecular flexibility index (Phi) is 13.1. The van der Waals surface area contributed by atoms with Crippen LogP contribution in [0.3, 0.4) is 0 Å². The van der Waals surface area contributed by atoms with Crippen molar-refractivity contribution >= 4 is 41.8 Å². The van der Waals surface area contributed by atoms with Crippen LogP contribution in [0.15, 0.2) is 53.5 Å². The lowest BCUT2D eigenvalue weighted by Crippen LogP contribution is -2.36. The van der Waals surface area contributed by atoms with Gasteiger partial charge in [-0.1, -0.05) is 37.6 Å². The Bertz CT molecular complexity index is 896. The molecule has 3 N–H and O–H groups in total. The molecule has 180 valence electrons. The van der Waals surface area contributed by atoms with Crippen molar-refractivity contribution < 1.29 is 9.59 Å². The van der Waals surface area contributed by atoms with E-state index >= 15 is 0 Å². The number of nitrogens with one attached hydrogen (secondary N) is 3. The molecular weight excluding hydrogens is 529 g/mol. The van der Waals surface area contributed by atoms with Gasteiger partial charge in [-0.3, -0.25) is 9.59 Å². The van der Waals surface area contributed by atoms with Crippen LogP contribution in [0.2, 0.25) is 0 Å². The van der Waals surface area contributed by atoms with Gasteiger partial charge in [0.25, 0.3) is 11.8 Å². The Hall–Kier alpha value is -2.62. The third-order valence-corrected chi connectivity index (χ3v) is 4.86. The van der Waals surface area contributed by atoms with Gasteiger partial charge in [0, 0.05) is 44.9 Å². The maximum atomic E-state index is 12.1. The van der Waals surface area contributed by atoms with E-state index in [0.29, 0.717) is 36.7 Å². The predicted molar refractivity (Wildman–Crippen MR) is 145 cm³/mol. The summed E-state index contributed by atoms with van der Waals surface area (Å²) in [6, 6.07) is 15.1. The first-order valence-electron chi connectivity index (χ1n) is 11.1. The molecule has 33 heavy (non-hydrogen) atoms. The molecule has 0 aliphatic rings. The number of halogens is 1. The molecule has 0 spiro atoms. The third-order valence-electron chi connectivity index (χ3n) is 4.86. The van der Waals surface area contributed by atoms with E-state index in [1.165, 1.54) is 0 Å². The number of nitrogens with zero attached hydrogens (tertiary/aromatic N) is 2. The van der Waals surface area contributed by atoms with Crippen molar-refractivity contribution in [2.75, 3.05) is 27.2 Å². The van der Waals surface area contributed by atoms with E-state index in [0.717, 1.165) is 30.5 Å². The van der Waals surface area contributed by atoms with E-state index < -0.39 is 0 Å². The number of hydrogen-bond acceptors (Lipinski definition) is 3. The molecule has 0 aliphatic carbocycles. The van der Waals surface area contributed by atoms with Crippen LogP contribution in [0, 0.1) is 0 Å². The fourth-order valence-electron chi connectivity index (χ4n) is 2.96. The van der Waals surface area contributed by atoms with Gasteiger partial charge in [0.15, 0.2) is 5.96 Å². The first-order chi connectivity index (χ1) is 15.4. The van der Waals surface area contributed by atoms with Gasteiger partial charge in [0.2, 0.25) is 0 Å². The summed E-state index contributed by atoms with van der Waals surface area (Å²) in [5.41, 5.74) is 3.42. The van der Waals surface area contributed by atoms with Crippen molar-refractivity contribution in [1.29, 1.82) is 0 Å². The van der Waals surface area contributed by atoms with E-state index in [9.17, 15) is 9.59 Å². The van der Waals surface area contributed by atoms with Gasteiger partial charge in [0.05, 0.1) is 6.54 Å². The van der Waals surface area contributed by atoms with Gasteiger partial charge >= 0.3 is 0 Å². The second kappa shape index (κ2) is 15.3. The quantitative estimate of drug-likeness (QED) is 0.177. The highest BCUT2D eigenvalue weighted by Gasteiger charge is 2.08. The van der Waals surface area contributed by atoms with Gasteiger partial charge in [-0.25, -0.2) is 4.99 Å². The second-order valence-corrected chi connectivity index (χ2v) is 7.75. The minimum Gasteiger partial charge on any atom is -0.357 e. The lowest BCUT2D eigenvalue weighted by Gasteiger charge is -2.13. The van der Waals surface area contributed by atoms with Crippen molar-refractivity contribution in [3.63, 3.8) is 0 Å². The molecule has 0 aromatic heterocycles. The Morgan fingerprint density at radius 1 is 0.848 bits per heavy atom. The topological polar surface area (TPSA) is 85.8 Å². The number of guanidine groups is 1. The smallest absolute Gasteiger partial charge is 0.253 e. The third kappa shape index (κ3) is 9.81. The Morgan fingerprint density at radius 3 is 2.03 bits per heavy atom. The van der Waals surface area contributed by atoms with E-state index in [1.54, 1.807) is 19.0 Å². The summed E-state index contributed by atoms with van der Waals surface area (Å²) in [5.74, 6) is 0.660. The van der Waals surface area contributed by atoms with Crippen LogP contribution in [-0.4, -0.2) is 49.9 Å². The van der Waals surface area contributed by atoms with Crippen LogP contribution < -0.4 is 16.0 Å². The largest absolute Gasteiger partial charge is 0.357 e. The zero-order valence-corrected chi connectivity index (χ0v) is 22.3. The van der Waals surface area contributed by atoms with E-state index in [-0.39, 0.29) is 35.8 Å². The molecule has 0 heterocycles.